The first-order valence-corrected chi connectivity index (χ1v) is 6.30. The first-order chi connectivity index (χ1) is 7.09. The van der Waals surface area contributed by atoms with Gasteiger partial charge >= 0.3 is 5.97 Å². The minimum Gasteiger partial charge on any atom is -0.480 e. The highest BCUT2D eigenvalue weighted by atomic mass is 32.2. The van der Waals surface area contributed by atoms with Crippen LogP contribution in [0.25, 0.3) is 0 Å². The average molecular weight is 229 g/mol. The van der Waals surface area contributed by atoms with Gasteiger partial charge in [0.05, 0.1) is 5.37 Å². The number of amides is 1. The van der Waals surface area contributed by atoms with E-state index >= 15 is 0 Å². The zero-order valence-electron chi connectivity index (χ0n) is 8.68. The van der Waals surface area contributed by atoms with Crippen LogP contribution in [0.4, 0.5) is 0 Å². The highest BCUT2D eigenvalue weighted by Crippen LogP contribution is 2.36. The van der Waals surface area contributed by atoms with E-state index in [9.17, 15) is 9.59 Å². The fourth-order valence-electron chi connectivity index (χ4n) is 1.89. The quantitative estimate of drug-likeness (QED) is 0.789. The molecule has 1 amide bonds. The van der Waals surface area contributed by atoms with Crippen LogP contribution in [0.15, 0.2) is 0 Å². The molecule has 84 valence electrons. The zero-order valence-corrected chi connectivity index (χ0v) is 9.50. The number of carboxylic acid groups (broad SMARTS) is 1. The summed E-state index contributed by atoms with van der Waals surface area (Å²) in [7, 11) is 0. The number of hydrogen-bond acceptors (Lipinski definition) is 3. The van der Waals surface area contributed by atoms with Crippen LogP contribution in [0.1, 0.15) is 26.2 Å². The minimum atomic E-state index is -0.879. The first-order valence-electron chi connectivity index (χ1n) is 5.25. The SMILES string of the molecule is CC1SCC(C(=O)O)N1C(=O)CC1CC1. The van der Waals surface area contributed by atoms with Gasteiger partial charge in [-0.2, -0.15) is 0 Å². The Morgan fingerprint density at radius 3 is 2.67 bits per heavy atom. The Morgan fingerprint density at radius 1 is 1.47 bits per heavy atom. The number of carbonyl (C=O) groups excluding carboxylic acids is 1. The molecular formula is C10H15NO3S. The Morgan fingerprint density at radius 2 is 2.13 bits per heavy atom. The lowest BCUT2D eigenvalue weighted by molar-refractivity contribution is -0.149. The standard InChI is InChI=1S/C10H15NO3S/c1-6-11(8(5-15-6)10(13)14)9(12)4-7-2-3-7/h6-8H,2-5H2,1H3,(H,13,14). The molecule has 2 unspecified atom stereocenters. The molecule has 0 aromatic heterocycles. The van der Waals surface area contributed by atoms with Gasteiger partial charge in [0.25, 0.3) is 0 Å². The van der Waals surface area contributed by atoms with E-state index in [1.54, 1.807) is 16.7 Å². The van der Waals surface area contributed by atoms with Gasteiger partial charge in [0.1, 0.15) is 6.04 Å². The molecule has 4 nitrogen and oxygen atoms in total. The molecule has 1 aliphatic heterocycles. The van der Waals surface area contributed by atoms with E-state index in [4.69, 9.17) is 5.11 Å². The smallest absolute Gasteiger partial charge is 0.327 e. The maximum Gasteiger partial charge on any atom is 0.327 e. The van der Waals surface area contributed by atoms with E-state index in [1.165, 1.54) is 0 Å². The maximum absolute atomic E-state index is 11.9. The Labute approximate surface area is 93.0 Å². The summed E-state index contributed by atoms with van der Waals surface area (Å²) in [6.45, 7) is 1.90. The maximum atomic E-state index is 11.9. The van der Waals surface area contributed by atoms with Gasteiger partial charge in [0.15, 0.2) is 0 Å². The Hall–Kier alpha value is -0.710. The molecule has 15 heavy (non-hydrogen) atoms. The van der Waals surface area contributed by atoms with E-state index in [0.29, 0.717) is 18.1 Å². The van der Waals surface area contributed by atoms with Crippen molar-refractivity contribution in [3.63, 3.8) is 0 Å². The minimum absolute atomic E-state index is 0.0114. The van der Waals surface area contributed by atoms with Crippen molar-refractivity contribution in [1.82, 2.24) is 4.90 Å². The lowest BCUT2D eigenvalue weighted by Crippen LogP contribution is -2.44. The summed E-state index contributed by atoms with van der Waals surface area (Å²) in [6, 6.07) is -0.615. The van der Waals surface area contributed by atoms with E-state index in [1.807, 2.05) is 6.92 Å². The predicted molar refractivity (Wildman–Crippen MR) is 57.5 cm³/mol. The molecule has 2 aliphatic rings. The zero-order chi connectivity index (χ0) is 11.0. The van der Waals surface area contributed by atoms with Crippen LogP contribution in [0, 0.1) is 5.92 Å². The number of carboxylic acids is 1. The summed E-state index contributed by atoms with van der Waals surface area (Å²) in [6.07, 6.45) is 2.78. The van der Waals surface area contributed by atoms with Crippen LogP contribution < -0.4 is 0 Å². The van der Waals surface area contributed by atoms with Gasteiger partial charge in [-0.3, -0.25) is 4.79 Å². The monoisotopic (exact) mass is 229 g/mol. The molecule has 0 aromatic carbocycles. The van der Waals surface area contributed by atoms with Crippen molar-refractivity contribution < 1.29 is 14.7 Å². The highest BCUT2D eigenvalue weighted by molar-refractivity contribution is 8.00. The molecule has 5 heteroatoms. The third-order valence-corrected chi connectivity index (χ3v) is 4.17. The number of hydrogen-bond donors (Lipinski definition) is 1. The van der Waals surface area contributed by atoms with Crippen molar-refractivity contribution in [2.45, 2.75) is 37.6 Å². The number of carbonyl (C=O) groups is 2. The summed E-state index contributed by atoms with van der Waals surface area (Å²) in [5, 5.41) is 9.00. The van der Waals surface area contributed by atoms with E-state index in [0.717, 1.165) is 12.8 Å². The molecule has 1 heterocycles. The second-order valence-electron chi connectivity index (χ2n) is 4.24. The molecule has 0 bridgehead atoms. The lowest BCUT2D eigenvalue weighted by atomic mass is 10.2. The van der Waals surface area contributed by atoms with Crippen molar-refractivity contribution in [2.24, 2.45) is 5.92 Å². The van der Waals surface area contributed by atoms with Crippen LogP contribution >= 0.6 is 11.8 Å². The predicted octanol–water partition coefficient (Wildman–Crippen LogP) is 1.16. The van der Waals surface area contributed by atoms with Crippen LogP contribution in [-0.4, -0.2) is 39.1 Å². The second kappa shape index (κ2) is 4.04. The van der Waals surface area contributed by atoms with Crippen molar-refractivity contribution >= 4 is 23.6 Å². The molecule has 1 saturated carbocycles. The molecule has 2 atom stereocenters. The van der Waals surface area contributed by atoms with Gasteiger partial charge in [-0.1, -0.05) is 0 Å². The summed E-state index contributed by atoms with van der Waals surface area (Å²) in [5.41, 5.74) is 0. The second-order valence-corrected chi connectivity index (χ2v) is 5.58. The summed E-state index contributed by atoms with van der Waals surface area (Å²) >= 11 is 1.54. The van der Waals surface area contributed by atoms with Gasteiger partial charge in [0, 0.05) is 12.2 Å². The van der Waals surface area contributed by atoms with Crippen LogP contribution in [0.2, 0.25) is 0 Å². The summed E-state index contributed by atoms with van der Waals surface area (Å²) < 4.78 is 0. The molecule has 1 N–H and O–H groups in total. The van der Waals surface area contributed by atoms with Crippen molar-refractivity contribution in [1.29, 1.82) is 0 Å². The van der Waals surface area contributed by atoms with Gasteiger partial charge in [0.2, 0.25) is 5.91 Å². The average Bonchev–Trinajstić information content (AvgIpc) is 2.86. The van der Waals surface area contributed by atoms with E-state index < -0.39 is 12.0 Å². The fraction of sp³-hybridized carbons (Fsp3) is 0.800. The van der Waals surface area contributed by atoms with Crippen LogP contribution in [0.5, 0.6) is 0 Å². The van der Waals surface area contributed by atoms with E-state index in [-0.39, 0.29) is 11.3 Å². The molecule has 0 radical (unpaired) electrons. The third-order valence-electron chi connectivity index (χ3n) is 2.96. The highest BCUT2D eigenvalue weighted by Gasteiger charge is 2.40. The van der Waals surface area contributed by atoms with Gasteiger partial charge in [-0.15, -0.1) is 11.8 Å². The Bertz CT molecular complexity index is 290. The first kappa shape index (κ1) is 10.8. The van der Waals surface area contributed by atoms with Crippen molar-refractivity contribution in [3.05, 3.63) is 0 Å². The number of aliphatic carboxylic acids is 1. The largest absolute Gasteiger partial charge is 0.480 e. The van der Waals surface area contributed by atoms with Crippen LogP contribution in [-0.2, 0) is 9.59 Å². The van der Waals surface area contributed by atoms with Gasteiger partial charge < -0.3 is 10.0 Å². The third kappa shape index (κ3) is 2.27. The molecule has 2 rings (SSSR count). The molecule has 1 aliphatic carbocycles. The topological polar surface area (TPSA) is 57.6 Å². The normalized spacial score (nSPS) is 30.6. The lowest BCUT2D eigenvalue weighted by Gasteiger charge is -2.24. The Kier molecular flexibility index (Phi) is 2.91. The molecule has 2 fully saturated rings. The van der Waals surface area contributed by atoms with Crippen molar-refractivity contribution in [3.8, 4) is 0 Å². The molecule has 0 spiro atoms. The Balaban J connectivity index is 2.02. The number of nitrogens with zero attached hydrogens (tertiary/aromatic N) is 1. The van der Waals surface area contributed by atoms with Gasteiger partial charge in [-0.25, -0.2) is 4.79 Å². The molecular weight excluding hydrogens is 214 g/mol. The van der Waals surface area contributed by atoms with E-state index in [2.05, 4.69) is 0 Å². The summed E-state index contributed by atoms with van der Waals surface area (Å²) in [5.74, 6) is 0.176. The van der Waals surface area contributed by atoms with Gasteiger partial charge in [-0.05, 0) is 25.7 Å². The number of thioether (sulfide) groups is 1. The fourth-order valence-corrected chi connectivity index (χ4v) is 3.07. The molecule has 1 saturated heterocycles. The molecule has 0 aromatic rings. The summed E-state index contributed by atoms with van der Waals surface area (Å²) in [4.78, 5) is 24.4. The van der Waals surface area contributed by atoms with Crippen LogP contribution in [0.3, 0.4) is 0 Å². The van der Waals surface area contributed by atoms with Crippen molar-refractivity contribution in [2.75, 3.05) is 5.75 Å². The number of rotatable bonds is 3.